The molecule has 0 bridgehead atoms. The fraction of sp³-hybridized carbons (Fsp3) is 0.562. The Bertz CT molecular complexity index is 430. The van der Waals surface area contributed by atoms with Crippen LogP contribution in [0.2, 0.25) is 0 Å². The molecule has 20 heavy (non-hydrogen) atoms. The van der Waals surface area contributed by atoms with Crippen LogP contribution in [0.5, 0.6) is 0 Å². The van der Waals surface area contributed by atoms with Crippen LogP contribution in [0.15, 0.2) is 24.3 Å². The van der Waals surface area contributed by atoms with E-state index >= 15 is 0 Å². The van der Waals surface area contributed by atoms with Crippen molar-refractivity contribution < 1.29 is 14.6 Å². The molecule has 0 spiro atoms. The van der Waals surface area contributed by atoms with Gasteiger partial charge in [0.2, 0.25) is 0 Å². The van der Waals surface area contributed by atoms with Crippen molar-refractivity contribution in [3.8, 4) is 0 Å². The molecule has 1 aliphatic rings. The fourth-order valence-electron chi connectivity index (χ4n) is 2.70. The Morgan fingerprint density at radius 1 is 1.35 bits per heavy atom. The van der Waals surface area contributed by atoms with E-state index in [0.717, 1.165) is 26.3 Å². The van der Waals surface area contributed by atoms with Crippen LogP contribution in [0, 0.1) is 0 Å². The van der Waals surface area contributed by atoms with Gasteiger partial charge in [0.25, 0.3) is 0 Å². The quantitative estimate of drug-likeness (QED) is 0.868. The van der Waals surface area contributed by atoms with E-state index in [-0.39, 0.29) is 0 Å². The van der Waals surface area contributed by atoms with Crippen molar-refractivity contribution in [3.63, 3.8) is 0 Å². The maximum atomic E-state index is 10.8. The van der Waals surface area contributed by atoms with E-state index in [9.17, 15) is 4.79 Å². The molecule has 0 saturated carbocycles. The Hall–Kier alpha value is -1.39. The molecule has 0 radical (unpaired) electrons. The van der Waals surface area contributed by atoms with Crippen molar-refractivity contribution in [1.29, 1.82) is 0 Å². The summed E-state index contributed by atoms with van der Waals surface area (Å²) in [5, 5.41) is 8.91. The average Bonchev–Trinajstić information content (AvgIpc) is 2.47. The van der Waals surface area contributed by atoms with Crippen LogP contribution in [0.1, 0.15) is 42.1 Å². The van der Waals surface area contributed by atoms with Gasteiger partial charge < -0.3 is 9.84 Å². The van der Waals surface area contributed by atoms with Gasteiger partial charge >= 0.3 is 5.97 Å². The topological polar surface area (TPSA) is 49.8 Å². The number of carboxylic acids is 1. The molecule has 110 valence electrons. The van der Waals surface area contributed by atoms with Gasteiger partial charge in [-0.05, 0) is 44.0 Å². The minimum atomic E-state index is -0.872. The first kappa shape index (κ1) is 15.0. The highest BCUT2D eigenvalue weighted by atomic mass is 16.5. The highest BCUT2D eigenvalue weighted by molar-refractivity contribution is 5.87. The molecule has 4 heteroatoms. The second-order valence-electron chi connectivity index (χ2n) is 5.28. The van der Waals surface area contributed by atoms with Crippen LogP contribution in [-0.2, 0) is 11.3 Å². The molecule has 1 N–H and O–H groups in total. The molecule has 4 nitrogen and oxygen atoms in total. The number of rotatable bonds is 6. The number of carbonyl (C=O) groups is 1. The number of hydrogen-bond acceptors (Lipinski definition) is 3. The molecule has 0 amide bonds. The van der Waals surface area contributed by atoms with Crippen molar-refractivity contribution in [3.05, 3.63) is 35.4 Å². The Kier molecular flexibility index (Phi) is 5.56. The summed E-state index contributed by atoms with van der Waals surface area (Å²) >= 11 is 0. The van der Waals surface area contributed by atoms with E-state index in [1.807, 2.05) is 19.1 Å². The fourth-order valence-corrected chi connectivity index (χ4v) is 2.70. The number of piperidine rings is 1. The van der Waals surface area contributed by atoms with Crippen LogP contribution < -0.4 is 0 Å². The largest absolute Gasteiger partial charge is 0.478 e. The van der Waals surface area contributed by atoms with Gasteiger partial charge in [0.15, 0.2) is 0 Å². The zero-order chi connectivity index (χ0) is 14.4. The molecule has 1 heterocycles. The molecule has 2 rings (SSSR count). The van der Waals surface area contributed by atoms with Gasteiger partial charge in [0.1, 0.15) is 0 Å². The number of benzene rings is 1. The lowest BCUT2D eigenvalue weighted by Crippen LogP contribution is -2.41. The lowest BCUT2D eigenvalue weighted by Gasteiger charge is -2.35. The number of ether oxygens (including phenoxy) is 1. The first-order chi connectivity index (χ1) is 9.70. The minimum absolute atomic E-state index is 0.346. The Labute approximate surface area is 120 Å². The predicted octanol–water partition coefficient (Wildman–Crippen LogP) is 2.78. The van der Waals surface area contributed by atoms with Crippen molar-refractivity contribution in [1.82, 2.24) is 4.90 Å². The van der Waals surface area contributed by atoms with Crippen LogP contribution in [-0.4, -0.2) is 41.8 Å². The SMILES string of the molecule is CCOCC1CCCCN1Cc1ccc(C(=O)O)cc1. The summed E-state index contributed by atoms with van der Waals surface area (Å²) in [4.78, 5) is 13.3. The summed E-state index contributed by atoms with van der Waals surface area (Å²) in [7, 11) is 0. The smallest absolute Gasteiger partial charge is 0.335 e. The van der Waals surface area contributed by atoms with Gasteiger partial charge in [-0.2, -0.15) is 0 Å². The van der Waals surface area contributed by atoms with Crippen LogP contribution in [0.25, 0.3) is 0 Å². The zero-order valence-corrected chi connectivity index (χ0v) is 12.0. The number of hydrogen-bond donors (Lipinski definition) is 1. The van der Waals surface area contributed by atoms with Gasteiger partial charge in [0, 0.05) is 19.2 Å². The van der Waals surface area contributed by atoms with E-state index in [0.29, 0.717) is 11.6 Å². The normalized spacial score (nSPS) is 19.9. The Balaban J connectivity index is 1.97. The highest BCUT2D eigenvalue weighted by Crippen LogP contribution is 2.20. The Morgan fingerprint density at radius 3 is 2.75 bits per heavy atom. The Morgan fingerprint density at radius 2 is 2.10 bits per heavy atom. The van der Waals surface area contributed by atoms with E-state index in [4.69, 9.17) is 9.84 Å². The lowest BCUT2D eigenvalue weighted by molar-refractivity contribution is 0.0414. The average molecular weight is 277 g/mol. The number of aromatic carboxylic acids is 1. The number of nitrogens with zero attached hydrogens (tertiary/aromatic N) is 1. The molecule has 0 aromatic heterocycles. The third kappa shape index (κ3) is 4.05. The number of carboxylic acid groups (broad SMARTS) is 1. The standard InChI is InChI=1S/C16H23NO3/c1-2-20-12-15-5-3-4-10-17(15)11-13-6-8-14(9-7-13)16(18)19/h6-9,15H,2-5,10-12H2,1H3,(H,18,19). The maximum Gasteiger partial charge on any atom is 0.335 e. The third-order valence-electron chi connectivity index (χ3n) is 3.85. The monoisotopic (exact) mass is 277 g/mol. The summed E-state index contributed by atoms with van der Waals surface area (Å²) in [5.74, 6) is -0.872. The van der Waals surface area contributed by atoms with Crippen molar-refractivity contribution >= 4 is 5.97 Å². The van der Waals surface area contributed by atoms with Crippen molar-refractivity contribution in [2.24, 2.45) is 0 Å². The number of likely N-dealkylation sites (tertiary alicyclic amines) is 1. The van der Waals surface area contributed by atoms with E-state index in [1.54, 1.807) is 12.1 Å². The molecule has 1 atom stereocenters. The molecule has 1 aromatic rings. The summed E-state index contributed by atoms with van der Waals surface area (Å²) in [5.41, 5.74) is 1.51. The summed E-state index contributed by atoms with van der Waals surface area (Å²) in [6.45, 7) is 5.55. The van der Waals surface area contributed by atoms with Crippen molar-refractivity contribution in [2.75, 3.05) is 19.8 Å². The van der Waals surface area contributed by atoms with Crippen molar-refractivity contribution in [2.45, 2.75) is 38.8 Å². The van der Waals surface area contributed by atoms with E-state index in [1.165, 1.54) is 24.8 Å². The predicted molar refractivity (Wildman–Crippen MR) is 77.9 cm³/mol. The molecule has 1 unspecified atom stereocenters. The first-order valence-electron chi connectivity index (χ1n) is 7.34. The van der Waals surface area contributed by atoms with Crippen LogP contribution in [0.4, 0.5) is 0 Å². The minimum Gasteiger partial charge on any atom is -0.478 e. The molecule has 0 aliphatic carbocycles. The van der Waals surface area contributed by atoms with E-state index in [2.05, 4.69) is 4.90 Å². The lowest BCUT2D eigenvalue weighted by atomic mass is 10.0. The summed E-state index contributed by atoms with van der Waals surface area (Å²) < 4.78 is 5.57. The zero-order valence-electron chi connectivity index (χ0n) is 12.0. The van der Waals surface area contributed by atoms with Gasteiger partial charge in [-0.25, -0.2) is 4.79 Å². The second kappa shape index (κ2) is 7.41. The third-order valence-corrected chi connectivity index (χ3v) is 3.85. The van der Waals surface area contributed by atoms with Gasteiger partial charge in [-0.1, -0.05) is 18.6 Å². The summed E-state index contributed by atoms with van der Waals surface area (Å²) in [6, 6.07) is 7.67. The highest BCUT2D eigenvalue weighted by Gasteiger charge is 2.22. The van der Waals surface area contributed by atoms with Crippen LogP contribution in [0.3, 0.4) is 0 Å². The van der Waals surface area contributed by atoms with Crippen LogP contribution >= 0.6 is 0 Å². The summed E-state index contributed by atoms with van der Waals surface area (Å²) in [6.07, 6.45) is 3.69. The molecular formula is C16H23NO3. The van der Waals surface area contributed by atoms with Gasteiger partial charge in [0.05, 0.1) is 12.2 Å². The van der Waals surface area contributed by atoms with E-state index < -0.39 is 5.97 Å². The molecule has 1 aromatic carbocycles. The molecule has 1 fully saturated rings. The van der Waals surface area contributed by atoms with Gasteiger partial charge in [-0.3, -0.25) is 4.90 Å². The first-order valence-corrected chi connectivity index (χ1v) is 7.34. The second-order valence-corrected chi connectivity index (χ2v) is 5.28. The molecule has 1 aliphatic heterocycles. The maximum absolute atomic E-state index is 10.8. The van der Waals surface area contributed by atoms with Gasteiger partial charge in [-0.15, -0.1) is 0 Å². The molecular weight excluding hydrogens is 254 g/mol. The molecule has 1 saturated heterocycles.